The van der Waals surface area contributed by atoms with E-state index in [1.165, 1.54) is 0 Å². The van der Waals surface area contributed by atoms with Crippen molar-refractivity contribution < 1.29 is 14.3 Å². The highest BCUT2D eigenvalue weighted by Gasteiger charge is 2.25. The molecule has 3 rings (SSSR count). The van der Waals surface area contributed by atoms with Crippen molar-refractivity contribution in [2.45, 2.75) is 12.8 Å². The van der Waals surface area contributed by atoms with Gasteiger partial charge >= 0.3 is 0 Å². The first-order valence-corrected chi connectivity index (χ1v) is 8.90. The Labute approximate surface area is 149 Å². The predicted molar refractivity (Wildman–Crippen MR) is 98.4 cm³/mol. The van der Waals surface area contributed by atoms with Gasteiger partial charge in [0.2, 0.25) is 0 Å². The molecular formula is C21H25NO3. The summed E-state index contributed by atoms with van der Waals surface area (Å²) in [6.45, 7) is 6.51. The maximum absolute atomic E-state index is 13.2. The fourth-order valence-electron chi connectivity index (χ4n) is 3.15. The number of carbonyl (C=O) groups is 1. The van der Waals surface area contributed by atoms with Crippen molar-refractivity contribution in [1.82, 2.24) is 4.90 Å². The molecule has 0 radical (unpaired) electrons. The van der Waals surface area contributed by atoms with E-state index in [4.69, 9.17) is 9.47 Å². The fourth-order valence-corrected chi connectivity index (χ4v) is 3.15. The molecule has 4 heteroatoms. The first-order chi connectivity index (χ1) is 12.3. The van der Waals surface area contributed by atoms with Crippen molar-refractivity contribution >= 4 is 5.78 Å². The number of Topliss-reactive ketones (excluding diaryl/α,β-unsaturated/α-hetero) is 1. The zero-order valence-electron chi connectivity index (χ0n) is 14.7. The van der Waals surface area contributed by atoms with Crippen LogP contribution < -0.4 is 4.74 Å². The predicted octanol–water partition coefficient (Wildman–Crippen LogP) is 3.38. The van der Waals surface area contributed by atoms with E-state index >= 15 is 0 Å². The topological polar surface area (TPSA) is 38.8 Å². The van der Waals surface area contributed by atoms with E-state index in [0.717, 1.165) is 49.7 Å². The lowest BCUT2D eigenvalue weighted by atomic mass is 9.90. The summed E-state index contributed by atoms with van der Waals surface area (Å²) >= 11 is 0. The highest BCUT2D eigenvalue weighted by molar-refractivity contribution is 6.01. The first kappa shape index (κ1) is 17.6. The zero-order chi connectivity index (χ0) is 17.5. The van der Waals surface area contributed by atoms with Crippen molar-refractivity contribution in [3.8, 4) is 5.75 Å². The van der Waals surface area contributed by atoms with Crippen LogP contribution >= 0.6 is 0 Å². The lowest BCUT2D eigenvalue weighted by molar-refractivity contribution is 0.0345. The number of ether oxygens (including phenoxy) is 2. The maximum atomic E-state index is 13.2. The number of nitrogens with zero attached hydrogens (tertiary/aromatic N) is 1. The van der Waals surface area contributed by atoms with Gasteiger partial charge in [-0.05, 0) is 36.8 Å². The van der Waals surface area contributed by atoms with Crippen molar-refractivity contribution in [2.75, 3.05) is 39.5 Å². The maximum Gasteiger partial charge on any atom is 0.171 e. The molecule has 0 bridgehead atoms. The molecule has 1 aliphatic heterocycles. The average Bonchev–Trinajstić information content (AvgIpc) is 2.68. The highest BCUT2D eigenvalue weighted by atomic mass is 16.5. The summed E-state index contributed by atoms with van der Waals surface area (Å²) in [6.07, 6.45) is 0. The molecule has 0 aromatic heterocycles. The molecule has 1 heterocycles. The number of ketones is 1. The molecule has 1 atom stereocenters. The van der Waals surface area contributed by atoms with Gasteiger partial charge in [0.25, 0.3) is 0 Å². The van der Waals surface area contributed by atoms with Gasteiger partial charge in [0.05, 0.1) is 25.7 Å². The van der Waals surface area contributed by atoms with Crippen molar-refractivity contribution in [3.05, 3.63) is 65.7 Å². The Morgan fingerprint density at radius 1 is 1.08 bits per heavy atom. The van der Waals surface area contributed by atoms with Crippen LogP contribution in [-0.2, 0) is 4.74 Å². The Kier molecular flexibility index (Phi) is 6.20. The van der Waals surface area contributed by atoms with Gasteiger partial charge < -0.3 is 9.47 Å². The Bertz CT molecular complexity index is 663. The summed E-state index contributed by atoms with van der Waals surface area (Å²) in [7, 11) is 0. The quantitative estimate of drug-likeness (QED) is 0.725. The first-order valence-electron chi connectivity index (χ1n) is 8.90. The van der Waals surface area contributed by atoms with Gasteiger partial charge in [-0.25, -0.2) is 0 Å². The van der Waals surface area contributed by atoms with E-state index in [-0.39, 0.29) is 11.7 Å². The summed E-state index contributed by atoms with van der Waals surface area (Å²) in [5.41, 5.74) is 1.79. The van der Waals surface area contributed by atoms with Crippen LogP contribution in [0, 0.1) is 0 Å². The molecule has 0 amide bonds. The normalized spacial score (nSPS) is 16.4. The molecule has 0 N–H and O–H groups in total. The second-order valence-electron chi connectivity index (χ2n) is 6.20. The minimum atomic E-state index is -0.169. The Hall–Kier alpha value is -2.17. The van der Waals surface area contributed by atoms with Crippen LogP contribution in [0.3, 0.4) is 0 Å². The number of hydrogen-bond donors (Lipinski definition) is 0. The molecule has 132 valence electrons. The summed E-state index contributed by atoms with van der Waals surface area (Å²) in [4.78, 5) is 15.5. The van der Waals surface area contributed by atoms with Gasteiger partial charge in [0.1, 0.15) is 5.75 Å². The smallest absolute Gasteiger partial charge is 0.171 e. The molecule has 1 fully saturated rings. The van der Waals surface area contributed by atoms with Crippen LogP contribution in [0.4, 0.5) is 0 Å². The van der Waals surface area contributed by atoms with Crippen LogP contribution in [0.15, 0.2) is 54.6 Å². The number of morpholine rings is 1. The molecule has 0 saturated carbocycles. The molecular weight excluding hydrogens is 314 g/mol. The van der Waals surface area contributed by atoms with Gasteiger partial charge in [-0.15, -0.1) is 0 Å². The summed E-state index contributed by atoms with van der Waals surface area (Å²) in [6, 6.07) is 17.5. The number of carbonyl (C=O) groups excluding carboxylic acids is 1. The second-order valence-corrected chi connectivity index (χ2v) is 6.20. The van der Waals surface area contributed by atoms with Crippen LogP contribution in [0.1, 0.15) is 28.8 Å². The monoisotopic (exact) mass is 339 g/mol. The molecule has 25 heavy (non-hydrogen) atoms. The number of hydrogen-bond acceptors (Lipinski definition) is 4. The highest BCUT2D eigenvalue weighted by Crippen LogP contribution is 2.24. The van der Waals surface area contributed by atoms with Crippen molar-refractivity contribution in [2.24, 2.45) is 0 Å². The van der Waals surface area contributed by atoms with Crippen molar-refractivity contribution in [1.29, 1.82) is 0 Å². The minimum Gasteiger partial charge on any atom is -0.494 e. The van der Waals surface area contributed by atoms with E-state index in [1.807, 2.05) is 61.5 Å². The van der Waals surface area contributed by atoms with E-state index in [9.17, 15) is 4.79 Å². The zero-order valence-corrected chi connectivity index (χ0v) is 14.7. The SMILES string of the molecule is CCOc1ccc(C(=O)[C@@H](CN2CCOCC2)c2ccccc2)cc1. The molecule has 4 nitrogen and oxygen atoms in total. The summed E-state index contributed by atoms with van der Waals surface area (Å²) < 4.78 is 10.9. The average molecular weight is 339 g/mol. The molecule has 2 aromatic carbocycles. The Balaban J connectivity index is 1.81. The second kappa shape index (κ2) is 8.79. The van der Waals surface area contributed by atoms with E-state index in [1.54, 1.807) is 0 Å². The summed E-state index contributed by atoms with van der Waals surface area (Å²) in [5.74, 6) is 0.779. The largest absolute Gasteiger partial charge is 0.494 e. The number of rotatable bonds is 7. The van der Waals surface area contributed by atoms with Gasteiger partial charge in [0, 0.05) is 25.2 Å². The molecule has 0 unspecified atom stereocenters. The molecule has 1 aliphatic rings. The standard InChI is InChI=1S/C21H25NO3/c1-2-25-19-10-8-18(9-11-19)21(23)20(17-6-4-3-5-7-17)16-22-12-14-24-15-13-22/h3-11,20H,2,12-16H2,1H3/t20-/m0/s1. The van der Waals surface area contributed by atoms with E-state index < -0.39 is 0 Å². The molecule has 0 spiro atoms. The molecule has 2 aromatic rings. The van der Waals surface area contributed by atoms with E-state index in [0.29, 0.717) is 6.61 Å². The summed E-state index contributed by atoms with van der Waals surface area (Å²) in [5, 5.41) is 0. The lowest BCUT2D eigenvalue weighted by Gasteiger charge is -2.30. The van der Waals surface area contributed by atoms with Crippen LogP contribution in [0.2, 0.25) is 0 Å². The Morgan fingerprint density at radius 3 is 2.40 bits per heavy atom. The van der Waals surface area contributed by atoms with Gasteiger partial charge in [0.15, 0.2) is 5.78 Å². The third-order valence-corrected chi connectivity index (χ3v) is 4.51. The van der Waals surface area contributed by atoms with Crippen molar-refractivity contribution in [3.63, 3.8) is 0 Å². The van der Waals surface area contributed by atoms with Gasteiger partial charge in [-0.1, -0.05) is 30.3 Å². The van der Waals surface area contributed by atoms with Crippen LogP contribution in [-0.4, -0.2) is 50.1 Å². The minimum absolute atomic E-state index is 0.153. The third-order valence-electron chi connectivity index (χ3n) is 4.51. The van der Waals surface area contributed by atoms with Gasteiger partial charge in [-0.2, -0.15) is 0 Å². The molecule has 1 saturated heterocycles. The van der Waals surface area contributed by atoms with Gasteiger partial charge in [-0.3, -0.25) is 9.69 Å². The third kappa shape index (κ3) is 4.68. The molecule has 0 aliphatic carbocycles. The fraction of sp³-hybridized carbons (Fsp3) is 0.381. The van der Waals surface area contributed by atoms with Crippen LogP contribution in [0.25, 0.3) is 0 Å². The lowest BCUT2D eigenvalue weighted by Crippen LogP contribution is -2.40. The Morgan fingerprint density at radius 2 is 1.76 bits per heavy atom. The van der Waals surface area contributed by atoms with E-state index in [2.05, 4.69) is 4.90 Å². The van der Waals surface area contributed by atoms with Crippen LogP contribution in [0.5, 0.6) is 5.75 Å². The number of benzene rings is 2.